The maximum atomic E-state index is 13.4. The third kappa shape index (κ3) is 6.21. The molecule has 3 amide bonds. The molecule has 0 aromatic heterocycles. The number of rotatable bonds is 2. The van der Waals surface area contributed by atoms with E-state index >= 15 is 0 Å². The first kappa shape index (κ1) is 23.1. The van der Waals surface area contributed by atoms with Crippen LogP contribution in [0, 0.1) is 5.41 Å². The molecule has 3 rings (SSSR count). The van der Waals surface area contributed by atoms with Gasteiger partial charge in [0.05, 0.1) is 6.04 Å². The van der Waals surface area contributed by atoms with Crippen LogP contribution in [0.3, 0.4) is 0 Å². The van der Waals surface area contributed by atoms with Gasteiger partial charge < -0.3 is 19.9 Å². The Morgan fingerprint density at radius 1 is 1.16 bits per heavy atom. The summed E-state index contributed by atoms with van der Waals surface area (Å²) in [6, 6.07) is 6.60. The quantitative estimate of drug-likeness (QED) is 0.784. The van der Waals surface area contributed by atoms with Crippen LogP contribution in [0.1, 0.15) is 63.2 Å². The molecule has 1 aromatic carbocycles. The van der Waals surface area contributed by atoms with E-state index in [1.165, 1.54) is 0 Å². The van der Waals surface area contributed by atoms with E-state index in [9.17, 15) is 14.4 Å². The van der Waals surface area contributed by atoms with Gasteiger partial charge >= 0.3 is 0 Å². The Labute approximate surface area is 185 Å². The van der Waals surface area contributed by atoms with Crippen LogP contribution < -0.4 is 10.1 Å². The van der Waals surface area contributed by atoms with Gasteiger partial charge in [0.15, 0.2) is 0 Å². The van der Waals surface area contributed by atoms with E-state index in [0.717, 1.165) is 12.8 Å². The van der Waals surface area contributed by atoms with Crippen LogP contribution >= 0.6 is 0 Å². The van der Waals surface area contributed by atoms with Crippen molar-refractivity contribution in [2.24, 2.45) is 5.41 Å². The second-order valence-corrected chi connectivity index (χ2v) is 9.89. The molecule has 0 spiro atoms. The van der Waals surface area contributed by atoms with Crippen molar-refractivity contribution in [3.8, 4) is 5.75 Å². The molecule has 7 nitrogen and oxygen atoms in total. The molecule has 0 radical (unpaired) electrons. The summed E-state index contributed by atoms with van der Waals surface area (Å²) in [5.41, 5.74) is 0.435. The minimum atomic E-state index is -0.584. The van der Waals surface area contributed by atoms with Gasteiger partial charge in [-0.3, -0.25) is 14.4 Å². The number of carbonyl (C=O) groups is 3. The smallest absolute Gasteiger partial charge is 0.253 e. The first-order valence-electron chi connectivity index (χ1n) is 11.2. The topological polar surface area (TPSA) is 79.0 Å². The number of nitrogens with one attached hydrogen (secondary N) is 1. The third-order valence-electron chi connectivity index (χ3n) is 5.84. The second kappa shape index (κ2) is 9.71. The maximum Gasteiger partial charge on any atom is 0.253 e. The number of hydrogen-bond acceptors (Lipinski definition) is 4. The SMILES string of the molecule is CN1CCCC(NC(=O)CC(C)(C)C)C(=O)N2CCCC2COc2cccc(c2)C1=O. The minimum absolute atomic E-state index is 0.0283. The highest BCUT2D eigenvalue weighted by Gasteiger charge is 2.34. The lowest BCUT2D eigenvalue weighted by atomic mass is 9.91. The van der Waals surface area contributed by atoms with Gasteiger partial charge in [0.1, 0.15) is 18.4 Å². The third-order valence-corrected chi connectivity index (χ3v) is 5.84. The van der Waals surface area contributed by atoms with E-state index in [0.29, 0.717) is 50.3 Å². The van der Waals surface area contributed by atoms with Crippen molar-refractivity contribution in [3.63, 3.8) is 0 Å². The Kier molecular flexibility index (Phi) is 7.23. The Bertz CT molecular complexity index is 817. The number of ether oxygens (including phenoxy) is 1. The minimum Gasteiger partial charge on any atom is -0.491 e. The summed E-state index contributed by atoms with van der Waals surface area (Å²) in [6.45, 7) is 7.58. The van der Waals surface area contributed by atoms with Crippen LogP contribution in [0.15, 0.2) is 24.3 Å². The van der Waals surface area contributed by atoms with Gasteiger partial charge in [-0.1, -0.05) is 26.8 Å². The van der Waals surface area contributed by atoms with Gasteiger partial charge in [0, 0.05) is 32.1 Å². The molecule has 2 aliphatic heterocycles. The average molecular weight is 430 g/mol. The predicted molar refractivity (Wildman–Crippen MR) is 119 cm³/mol. The van der Waals surface area contributed by atoms with Crippen molar-refractivity contribution in [2.45, 2.75) is 65.0 Å². The Morgan fingerprint density at radius 2 is 1.90 bits per heavy atom. The van der Waals surface area contributed by atoms with Gasteiger partial charge in [-0.05, 0) is 49.3 Å². The van der Waals surface area contributed by atoms with E-state index < -0.39 is 6.04 Å². The molecule has 31 heavy (non-hydrogen) atoms. The molecule has 0 aliphatic carbocycles. The Hall–Kier alpha value is -2.57. The molecule has 7 heteroatoms. The molecule has 2 unspecified atom stereocenters. The standard InChI is InChI=1S/C24H35N3O4/c1-24(2,3)15-21(28)25-20-11-7-12-26(4)22(29)17-8-5-10-19(14-17)31-16-18-9-6-13-27(18)23(20)30/h5,8,10,14,18,20H,6-7,9,11-13,15-16H2,1-4H3,(H,25,28). The van der Waals surface area contributed by atoms with Crippen molar-refractivity contribution in [3.05, 3.63) is 29.8 Å². The zero-order valence-electron chi connectivity index (χ0n) is 19.1. The number of hydrogen-bond donors (Lipinski definition) is 1. The van der Waals surface area contributed by atoms with Gasteiger partial charge in [0.25, 0.3) is 5.91 Å². The van der Waals surface area contributed by atoms with Crippen molar-refractivity contribution in [1.82, 2.24) is 15.1 Å². The van der Waals surface area contributed by atoms with E-state index in [1.54, 1.807) is 24.1 Å². The molecular weight excluding hydrogens is 394 g/mol. The molecule has 1 aromatic rings. The summed E-state index contributed by atoms with van der Waals surface area (Å²) < 4.78 is 5.97. The molecule has 2 heterocycles. The van der Waals surface area contributed by atoms with Crippen molar-refractivity contribution in [1.29, 1.82) is 0 Å². The molecule has 1 saturated heterocycles. The number of nitrogens with zero attached hydrogens (tertiary/aromatic N) is 2. The van der Waals surface area contributed by atoms with Crippen LogP contribution in [-0.2, 0) is 9.59 Å². The monoisotopic (exact) mass is 429 g/mol. The Morgan fingerprint density at radius 3 is 2.65 bits per heavy atom. The van der Waals surface area contributed by atoms with E-state index in [-0.39, 0.29) is 29.2 Å². The predicted octanol–water partition coefficient (Wildman–Crippen LogP) is 2.84. The first-order valence-corrected chi connectivity index (χ1v) is 11.2. The van der Waals surface area contributed by atoms with Crippen LogP contribution in [0.4, 0.5) is 0 Å². The molecule has 2 atom stereocenters. The molecule has 2 aliphatic rings. The zero-order chi connectivity index (χ0) is 22.6. The summed E-state index contributed by atoms with van der Waals surface area (Å²) >= 11 is 0. The highest BCUT2D eigenvalue weighted by molar-refractivity contribution is 5.94. The van der Waals surface area contributed by atoms with Crippen LogP contribution in [0.2, 0.25) is 0 Å². The lowest BCUT2D eigenvalue weighted by Crippen LogP contribution is -2.51. The number of amides is 3. The van der Waals surface area contributed by atoms with Gasteiger partial charge in [0.2, 0.25) is 11.8 Å². The molecule has 0 saturated carbocycles. The van der Waals surface area contributed by atoms with Crippen molar-refractivity contribution < 1.29 is 19.1 Å². The summed E-state index contributed by atoms with van der Waals surface area (Å²) in [4.78, 5) is 42.3. The summed E-state index contributed by atoms with van der Waals surface area (Å²) in [6.07, 6.45) is 3.27. The summed E-state index contributed by atoms with van der Waals surface area (Å²) in [5, 5.41) is 2.98. The lowest BCUT2D eigenvalue weighted by molar-refractivity contribution is -0.138. The normalized spacial score (nSPS) is 23.1. The number of benzene rings is 1. The fraction of sp³-hybridized carbons (Fsp3) is 0.625. The van der Waals surface area contributed by atoms with Gasteiger partial charge in [-0.2, -0.15) is 0 Å². The maximum absolute atomic E-state index is 13.4. The van der Waals surface area contributed by atoms with Crippen molar-refractivity contribution in [2.75, 3.05) is 26.7 Å². The molecule has 2 bridgehead atoms. The van der Waals surface area contributed by atoms with Crippen LogP contribution in [-0.4, -0.2) is 66.3 Å². The van der Waals surface area contributed by atoms with Crippen LogP contribution in [0.25, 0.3) is 0 Å². The van der Waals surface area contributed by atoms with Crippen LogP contribution in [0.5, 0.6) is 5.75 Å². The zero-order valence-corrected chi connectivity index (χ0v) is 19.1. The average Bonchev–Trinajstić information content (AvgIpc) is 3.17. The molecular formula is C24H35N3O4. The van der Waals surface area contributed by atoms with Crippen molar-refractivity contribution >= 4 is 17.7 Å². The highest BCUT2D eigenvalue weighted by atomic mass is 16.5. The first-order chi connectivity index (χ1) is 14.6. The molecule has 1 fully saturated rings. The fourth-order valence-corrected chi connectivity index (χ4v) is 4.25. The molecule has 170 valence electrons. The number of carbonyl (C=O) groups excluding carboxylic acids is 3. The molecule has 1 N–H and O–H groups in total. The lowest BCUT2D eigenvalue weighted by Gasteiger charge is -2.30. The highest BCUT2D eigenvalue weighted by Crippen LogP contribution is 2.23. The number of fused-ring (bicyclic) bond motifs is 3. The fourth-order valence-electron chi connectivity index (χ4n) is 4.25. The van der Waals surface area contributed by atoms with Gasteiger partial charge in [-0.15, -0.1) is 0 Å². The summed E-state index contributed by atoms with van der Waals surface area (Å²) in [5.74, 6) is 0.391. The van der Waals surface area contributed by atoms with E-state index in [4.69, 9.17) is 4.74 Å². The summed E-state index contributed by atoms with van der Waals surface area (Å²) in [7, 11) is 1.76. The van der Waals surface area contributed by atoms with Gasteiger partial charge in [-0.25, -0.2) is 0 Å². The Balaban J connectivity index is 1.81. The largest absolute Gasteiger partial charge is 0.491 e. The second-order valence-electron chi connectivity index (χ2n) is 9.89. The van der Waals surface area contributed by atoms with E-state index in [1.807, 2.05) is 37.8 Å². The van der Waals surface area contributed by atoms with E-state index in [2.05, 4.69) is 5.32 Å².